The second-order valence-corrected chi connectivity index (χ2v) is 6.76. The van der Waals surface area contributed by atoms with Crippen LogP contribution in [0.15, 0.2) is 23.1 Å². The van der Waals surface area contributed by atoms with Gasteiger partial charge in [0.1, 0.15) is 6.61 Å². The SMILES string of the molecule is Cc1cc(C(=O)NCCOCC(F)F)cc(S(=O)(=O)Cl)c1. The third-order valence-corrected chi connectivity index (χ3v) is 3.70. The molecule has 0 heterocycles. The zero-order chi connectivity index (χ0) is 16.0. The molecule has 118 valence electrons. The van der Waals surface area contributed by atoms with Crippen LogP contribution >= 0.6 is 10.7 Å². The van der Waals surface area contributed by atoms with Gasteiger partial charge in [-0.05, 0) is 30.7 Å². The standard InChI is InChI=1S/C12H14ClF2NO4S/c1-8-4-9(6-10(5-8)21(13,18)19)12(17)16-2-3-20-7-11(14)15/h4-6,11H,2-3,7H2,1H3,(H,16,17). The van der Waals surface area contributed by atoms with Gasteiger partial charge in [-0.1, -0.05) is 0 Å². The lowest BCUT2D eigenvalue weighted by molar-refractivity contribution is 0.0188. The number of carbonyl (C=O) groups excluding carboxylic acids is 1. The molecule has 0 saturated heterocycles. The minimum absolute atomic E-state index is 0.0302. The van der Waals surface area contributed by atoms with Crippen molar-refractivity contribution >= 4 is 25.6 Å². The molecule has 1 aromatic rings. The van der Waals surface area contributed by atoms with Crippen molar-refractivity contribution in [3.63, 3.8) is 0 Å². The lowest BCUT2D eigenvalue weighted by Crippen LogP contribution is -2.28. The molecule has 5 nitrogen and oxygen atoms in total. The van der Waals surface area contributed by atoms with Crippen LogP contribution in [0.5, 0.6) is 0 Å². The van der Waals surface area contributed by atoms with E-state index in [4.69, 9.17) is 10.7 Å². The van der Waals surface area contributed by atoms with Crippen molar-refractivity contribution in [3.8, 4) is 0 Å². The average molecular weight is 342 g/mol. The maximum atomic E-state index is 11.8. The molecule has 0 aliphatic heterocycles. The molecule has 0 spiro atoms. The van der Waals surface area contributed by atoms with Gasteiger partial charge in [0.15, 0.2) is 0 Å². The van der Waals surface area contributed by atoms with E-state index in [2.05, 4.69) is 10.1 Å². The van der Waals surface area contributed by atoms with Gasteiger partial charge in [-0.2, -0.15) is 0 Å². The summed E-state index contributed by atoms with van der Waals surface area (Å²) in [4.78, 5) is 11.6. The molecule has 1 rings (SSSR count). The molecular formula is C12H14ClF2NO4S. The molecule has 0 atom stereocenters. The van der Waals surface area contributed by atoms with Gasteiger partial charge >= 0.3 is 0 Å². The molecule has 1 N–H and O–H groups in total. The molecule has 0 saturated carbocycles. The van der Waals surface area contributed by atoms with E-state index in [0.717, 1.165) is 6.07 Å². The third-order valence-electron chi connectivity index (χ3n) is 2.37. The van der Waals surface area contributed by atoms with Crippen molar-refractivity contribution < 1.29 is 26.7 Å². The lowest BCUT2D eigenvalue weighted by atomic mass is 10.1. The fraction of sp³-hybridized carbons (Fsp3) is 0.417. The summed E-state index contributed by atoms with van der Waals surface area (Å²) in [5, 5.41) is 2.43. The van der Waals surface area contributed by atoms with E-state index in [0.29, 0.717) is 5.56 Å². The van der Waals surface area contributed by atoms with E-state index in [-0.39, 0.29) is 23.6 Å². The van der Waals surface area contributed by atoms with Gasteiger partial charge in [0.05, 0.1) is 11.5 Å². The summed E-state index contributed by atoms with van der Waals surface area (Å²) in [6.45, 7) is 0.883. The van der Waals surface area contributed by atoms with Crippen molar-refractivity contribution in [1.82, 2.24) is 5.32 Å². The molecule has 0 unspecified atom stereocenters. The van der Waals surface area contributed by atoms with E-state index in [1.807, 2.05) is 0 Å². The quantitative estimate of drug-likeness (QED) is 0.607. The van der Waals surface area contributed by atoms with Gasteiger partial charge in [-0.25, -0.2) is 17.2 Å². The highest BCUT2D eigenvalue weighted by atomic mass is 35.7. The number of rotatable bonds is 7. The molecule has 0 aromatic heterocycles. The highest BCUT2D eigenvalue weighted by Crippen LogP contribution is 2.18. The monoisotopic (exact) mass is 341 g/mol. The molecule has 0 aliphatic carbocycles. The minimum Gasteiger partial charge on any atom is -0.374 e. The molecule has 1 aromatic carbocycles. The van der Waals surface area contributed by atoms with Crippen LogP contribution in [0.4, 0.5) is 8.78 Å². The maximum Gasteiger partial charge on any atom is 0.261 e. The minimum atomic E-state index is -3.94. The topological polar surface area (TPSA) is 72.5 Å². The number of aryl methyl sites for hydroxylation is 1. The van der Waals surface area contributed by atoms with E-state index in [1.165, 1.54) is 12.1 Å². The number of benzene rings is 1. The summed E-state index contributed by atoms with van der Waals surface area (Å²) in [5.74, 6) is -0.541. The van der Waals surface area contributed by atoms with E-state index >= 15 is 0 Å². The van der Waals surface area contributed by atoms with Crippen LogP contribution in [0.2, 0.25) is 0 Å². The molecule has 0 fully saturated rings. The summed E-state index contributed by atoms with van der Waals surface area (Å²) in [5.41, 5.74) is 0.666. The Labute approximate surface area is 125 Å². The second-order valence-electron chi connectivity index (χ2n) is 4.19. The number of halogens is 3. The highest BCUT2D eigenvalue weighted by Gasteiger charge is 2.14. The molecule has 9 heteroatoms. The number of nitrogens with one attached hydrogen (secondary N) is 1. The molecular weight excluding hydrogens is 328 g/mol. The van der Waals surface area contributed by atoms with Crippen LogP contribution in [0.25, 0.3) is 0 Å². The Hall–Kier alpha value is -1.25. The van der Waals surface area contributed by atoms with Gasteiger partial charge in [0, 0.05) is 22.8 Å². The number of amides is 1. The number of hydrogen-bond donors (Lipinski definition) is 1. The predicted octanol–water partition coefficient (Wildman–Crippen LogP) is 1.93. The van der Waals surface area contributed by atoms with Crippen molar-refractivity contribution in [3.05, 3.63) is 29.3 Å². The van der Waals surface area contributed by atoms with Gasteiger partial charge in [-0.15, -0.1) is 0 Å². The Kier molecular flexibility index (Phi) is 6.50. The first-order valence-electron chi connectivity index (χ1n) is 5.90. The average Bonchev–Trinajstić information content (AvgIpc) is 2.36. The number of carbonyl (C=O) groups is 1. The fourth-order valence-corrected chi connectivity index (χ4v) is 2.39. The first-order valence-corrected chi connectivity index (χ1v) is 8.21. The van der Waals surface area contributed by atoms with Crippen LogP contribution < -0.4 is 5.32 Å². The van der Waals surface area contributed by atoms with E-state index in [9.17, 15) is 22.0 Å². The summed E-state index contributed by atoms with van der Waals surface area (Å²) in [6.07, 6.45) is -2.56. The Balaban J connectivity index is 2.64. The zero-order valence-corrected chi connectivity index (χ0v) is 12.7. The number of alkyl halides is 2. The van der Waals surface area contributed by atoms with Gasteiger partial charge in [-0.3, -0.25) is 4.79 Å². The summed E-state index contributed by atoms with van der Waals surface area (Å²) < 4.78 is 50.7. The lowest BCUT2D eigenvalue weighted by Gasteiger charge is -2.08. The molecule has 0 bridgehead atoms. The van der Waals surface area contributed by atoms with Gasteiger partial charge < -0.3 is 10.1 Å². The smallest absolute Gasteiger partial charge is 0.261 e. The Bertz CT molecular complexity index is 607. The summed E-state index contributed by atoms with van der Waals surface area (Å²) in [6, 6.07) is 3.97. The Morgan fingerprint density at radius 3 is 2.62 bits per heavy atom. The predicted molar refractivity (Wildman–Crippen MR) is 73.4 cm³/mol. The highest BCUT2D eigenvalue weighted by molar-refractivity contribution is 8.13. The van der Waals surface area contributed by atoms with E-state index < -0.39 is 28.0 Å². The Morgan fingerprint density at radius 1 is 1.38 bits per heavy atom. The van der Waals surface area contributed by atoms with Crippen LogP contribution in [0, 0.1) is 6.92 Å². The van der Waals surface area contributed by atoms with Crippen LogP contribution in [-0.2, 0) is 13.8 Å². The van der Waals surface area contributed by atoms with Crippen LogP contribution in [0.3, 0.4) is 0 Å². The zero-order valence-electron chi connectivity index (χ0n) is 11.1. The Morgan fingerprint density at radius 2 is 2.05 bits per heavy atom. The maximum absolute atomic E-state index is 11.8. The van der Waals surface area contributed by atoms with Crippen molar-refractivity contribution in [2.75, 3.05) is 19.8 Å². The van der Waals surface area contributed by atoms with Crippen molar-refractivity contribution in [2.45, 2.75) is 18.2 Å². The molecule has 0 aliphatic rings. The van der Waals surface area contributed by atoms with Crippen LogP contribution in [-0.4, -0.2) is 40.5 Å². The summed E-state index contributed by atoms with van der Waals surface area (Å²) >= 11 is 0. The largest absolute Gasteiger partial charge is 0.374 e. The first-order chi connectivity index (χ1) is 9.70. The first kappa shape index (κ1) is 17.8. The normalized spacial score (nSPS) is 11.7. The summed E-state index contributed by atoms with van der Waals surface area (Å²) in [7, 11) is 1.30. The van der Waals surface area contributed by atoms with Gasteiger partial charge in [0.2, 0.25) is 0 Å². The van der Waals surface area contributed by atoms with Crippen molar-refractivity contribution in [2.24, 2.45) is 0 Å². The molecule has 1 amide bonds. The molecule has 0 radical (unpaired) electrons. The van der Waals surface area contributed by atoms with E-state index in [1.54, 1.807) is 6.92 Å². The molecule has 21 heavy (non-hydrogen) atoms. The number of hydrogen-bond acceptors (Lipinski definition) is 4. The third kappa shape index (κ3) is 6.36. The van der Waals surface area contributed by atoms with Crippen LogP contribution in [0.1, 0.15) is 15.9 Å². The van der Waals surface area contributed by atoms with Crippen molar-refractivity contribution in [1.29, 1.82) is 0 Å². The second kappa shape index (κ2) is 7.67. The fourth-order valence-electron chi connectivity index (χ4n) is 1.53. The number of ether oxygens (including phenoxy) is 1. The van der Waals surface area contributed by atoms with Gasteiger partial charge in [0.25, 0.3) is 21.4 Å².